The third-order valence-corrected chi connectivity index (χ3v) is 3.59. The van der Waals surface area contributed by atoms with Gasteiger partial charge in [-0.1, -0.05) is 23.7 Å². The summed E-state index contributed by atoms with van der Waals surface area (Å²) in [6.07, 6.45) is 1.50. The van der Waals surface area contributed by atoms with E-state index in [0.717, 1.165) is 22.1 Å². The second-order valence-corrected chi connectivity index (χ2v) is 5.52. The van der Waals surface area contributed by atoms with Gasteiger partial charge in [0.15, 0.2) is 0 Å². The van der Waals surface area contributed by atoms with Gasteiger partial charge in [-0.05, 0) is 42.0 Å². The van der Waals surface area contributed by atoms with Gasteiger partial charge in [-0.3, -0.25) is 0 Å². The standard InChI is InChI=1S/C18H14ClN5/c19-15-5-1-14(2-6-15)11-21-17-9-18(23-12-22-17)24-16-7-3-13(10-20)4-8-16/h1-9,12H,11H2,(H2,21,22,23,24). The normalized spacial score (nSPS) is 10.0. The Hall–Kier alpha value is -3.10. The van der Waals surface area contributed by atoms with E-state index in [4.69, 9.17) is 16.9 Å². The minimum absolute atomic E-state index is 0.619. The van der Waals surface area contributed by atoms with E-state index in [2.05, 4.69) is 26.7 Å². The molecule has 2 aromatic carbocycles. The van der Waals surface area contributed by atoms with Gasteiger partial charge in [0.05, 0.1) is 11.6 Å². The zero-order valence-electron chi connectivity index (χ0n) is 12.7. The van der Waals surface area contributed by atoms with E-state index in [9.17, 15) is 0 Å². The number of hydrogen-bond donors (Lipinski definition) is 2. The summed E-state index contributed by atoms with van der Waals surface area (Å²) >= 11 is 5.88. The van der Waals surface area contributed by atoms with Crippen LogP contribution >= 0.6 is 11.6 Å². The van der Waals surface area contributed by atoms with Crippen molar-refractivity contribution in [3.05, 3.63) is 77.1 Å². The van der Waals surface area contributed by atoms with Gasteiger partial charge in [-0.2, -0.15) is 5.26 Å². The molecule has 0 unspecified atom stereocenters. The predicted octanol–water partition coefficient (Wildman–Crippen LogP) is 4.36. The Labute approximate surface area is 145 Å². The molecule has 1 aromatic heterocycles. The van der Waals surface area contributed by atoms with Gasteiger partial charge >= 0.3 is 0 Å². The Kier molecular flexibility index (Phi) is 4.90. The first kappa shape index (κ1) is 15.8. The number of nitrogens with zero attached hydrogens (tertiary/aromatic N) is 3. The van der Waals surface area contributed by atoms with Crippen LogP contribution in [-0.4, -0.2) is 9.97 Å². The summed E-state index contributed by atoms with van der Waals surface area (Å²) in [7, 11) is 0. The number of halogens is 1. The second kappa shape index (κ2) is 7.44. The van der Waals surface area contributed by atoms with Crippen molar-refractivity contribution in [3.8, 4) is 6.07 Å². The maximum atomic E-state index is 8.82. The molecule has 24 heavy (non-hydrogen) atoms. The number of aromatic nitrogens is 2. The van der Waals surface area contributed by atoms with Crippen molar-refractivity contribution in [2.45, 2.75) is 6.54 Å². The van der Waals surface area contributed by atoms with Gasteiger partial charge < -0.3 is 10.6 Å². The topological polar surface area (TPSA) is 73.6 Å². The van der Waals surface area contributed by atoms with Gasteiger partial charge in [-0.25, -0.2) is 9.97 Å². The van der Waals surface area contributed by atoms with E-state index in [1.807, 2.05) is 42.5 Å². The number of nitrogens with one attached hydrogen (secondary N) is 2. The molecule has 6 heteroatoms. The van der Waals surface area contributed by atoms with Crippen LogP contribution in [0.3, 0.4) is 0 Å². The quantitative estimate of drug-likeness (QED) is 0.724. The SMILES string of the molecule is N#Cc1ccc(Nc2cc(NCc3ccc(Cl)cc3)ncn2)cc1. The summed E-state index contributed by atoms with van der Waals surface area (Å²) in [5, 5.41) is 16.0. The molecule has 3 rings (SSSR count). The first-order chi connectivity index (χ1) is 11.7. The van der Waals surface area contributed by atoms with Crippen molar-refractivity contribution in [1.29, 1.82) is 5.26 Å². The molecule has 0 aliphatic heterocycles. The average Bonchev–Trinajstić information content (AvgIpc) is 2.62. The average molecular weight is 336 g/mol. The lowest BCUT2D eigenvalue weighted by molar-refractivity contribution is 1.08. The highest BCUT2D eigenvalue weighted by atomic mass is 35.5. The smallest absolute Gasteiger partial charge is 0.135 e. The molecule has 0 atom stereocenters. The van der Waals surface area contributed by atoms with Crippen LogP contribution < -0.4 is 10.6 Å². The molecule has 0 saturated heterocycles. The highest BCUT2D eigenvalue weighted by molar-refractivity contribution is 6.30. The number of rotatable bonds is 5. The summed E-state index contributed by atoms with van der Waals surface area (Å²) < 4.78 is 0. The van der Waals surface area contributed by atoms with Crippen molar-refractivity contribution in [2.24, 2.45) is 0 Å². The van der Waals surface area contributed by atoms with Gasteiger partial charge in [0.1, 0.15) is 18.0 Å². The van der Waals surface area contributed by atoms with E-state index in [1.54, 1.807) is 12.1 Å². The Balaban J connectivity index is 1.65. The molecule has 0 spiro atoms. The van der Waals surface area contributed by atoms with Crippen molar-refractivity contribution in [1.82, 2.24) is 9.97 Å². The molecule has 0 bridgehead atoms. The first-order valence-corrected chi connectivity index (χ1v) is 7.68. The summed E-state index contributed by atoms with van der Waals surface area (Å²) in [5.41, 5.74) is 2.59. The van der Waals surface area contributed by atoms with Gasteiger partial charge in [0.25, 0.3) is 0 Å². The van der Waals surface area contributed by atoms with Crippen molar-refractivity contribution >= 4 is 28.9 Å². The lowest BCUT2D eigenvalue weighted by Crippen LogP contribution is -2.03. The Bertz CT molecular complexity index is 854. The number of benzene rings is 2. The monoisotopic (exact) mass is 335 g/mol. The molecule has 118 valence electrons. The van der Waals surface area contributed by atoms with Crippen LogP contribution in [-0.2, 0) is 6.54 Å². The van der Waals surface area contributed by atoms with Crippen LogP contribution in [0.4, 0.5) is 17.3 Å². The largest absolute Gasteiger partial charge is 0.366 e. The molecule has 0 amide bonds. The van der Waals surface area contributed by atoms with E-state index >= 15 is 0 Å². The third-order valence-electron chi connectivity index (χ3n) is 3.34. The van der Waals surface area contributed by atoms with E-state index < -0.39 is 0 Å². The fraction of sp³-hybridized carbons (Fsp3) is 0.0556. The zero-order chi connectivity index (χ0) is 16.8. The lowest BCUT2D eigenvalue weighted by atomic mass is 10.2. The van der Waals surface area contributed by atoms with Crippen LogP contribution in [0.1, 0.15) is 11.1 Å². The molecule has 1 heterocycles. The molecule has 3 aromatic rings. The zero-order valence-corrected chi connectivity index (χ0v) is 13.5. The summed E-state index contributed by atoms with van der Waals surface area (Å²) in [6, 6.07) is 18.7. The van der Waals surface area contributed by atoms with Crippen LogP contribution in [0.25, 0.3) is 0 Å². The minimum atomic E-state index is 0.619. The highest BCUT2D eigenvalue weighted by Gasteiger charge is 2.01. The van der Waals surface area contributed by atoms with E-state index in [-0.39, 0.29) is 0 Å². The predicted molar refractivity (Wildman–Crippen MR) is 95.3 cm³/mol. The van der Waals surface area contributed by atoms with E-state index in [1.165, 1.54) is 6.33 Å². The van der Waals surface area contributed by atoms with Crippen LogP contribution in [0.15, 0.2) is 60.9 Å². The van der Waals surface area contributed by atoms with Crippen LogP contribution in [0.2, 0.25) is 5.02 Å². The molecule has 0 fully saturated rings. The highest BCUT2D eigenvalue weighted by Crippen LogP contribution is 2.17. The maximum Gasteiger partial charge on any atom is 0.135 e. The fourth-order valence-corrected chi connectivity index (χ4v) is 2.22. The molecule has 0 radical (unpaired) electrons. The maximum absolute atomic E-state index is 8.82. The number of anilines is 3. The van der Waals surface area contributed by atoms with E-state index in [0.29, 0.717) is 17.9 Å². The molecule has 0 aliphatic rings. The van der Waals surface area contributed by atoms with Gasteiger partial charge in [0.2, 0.25) is 0 Å². The van der Waals surface area contributed by atoms with Gasteiger partial charge in [0, 0.05) is 23.3 Å². The summed E-state index contributed by atoms with van der Waals surface area (Å²) in [4.78, 5) is 8.41. The van der Waals surface area contributed by atoms with Crippen molar-refractivity contribution in [2.75, 3.05) is 10.6 Å². The van der Waals surface area contributed by atoms with Gasteiger partial charge in [-0.15, -0.1) is 0 Å². The molecular weight excluding hydrogens is 322 g/mol. The summed E-state index contributed by atoms with van der Waals surface area (Å²) in [6.45, 7) is 0.643. The molecular formula is C18H14ClN5. The Morgan fingerprint density at radius 3 is 2.38 bits per heavy atom. The minimum Gasteiger partial charge on any atom is -0.366 e. The second-order valence-electron chi connectivity index (χ2n) is 5.08. The third kappa shape index (κ3) is 4.22. The molecule has 0 aliphatic carbocycles. The van der Waals surface area contributed by atoms with Crippen molar-refractivity contribution in [3.63, 3.8) is 0 Å². The molecule has 2 N–H and O–H groups in total. The molecule has 0 saturated carbocycles. The Morgan fingerprint density at radius 1 is 0.958 bits per heavy atom. The van der Waals surface area contributed by atoms with Crippen molar-refractivity contribution < 1.29 is 0 Å². The summed E-state index contributed by atoms with van der Waals surface area (Å²) in [5.74, 6) is 1.39. The first-order valence-electron chi connectivity index (χ1n) is 7.30. The van der Waals surface area contributed by atoms with Crippen LogP contribution in [0.5, 0.6) is 0 Å². The lowest BCUT2D eigenvalue weighted by Gasteiger charge is -2.09. The number of hydrogen-bond acceptors (Lipinski definition) is 5. The Morgan fingerprint density at radius 2 is 1.67 bits per heavy atom. The molecule has 5 nitrogen and oxygen atoms in total. The van der Waals surface area contributed by atoms with Crippen LogP contribution in [0, 0.1) is 11.3 Å². The fourth-order valence-electron chi connectivity index (χ4n) is 2.09. The number of nitriles is 1.